The number of primary amides is 1. The standard InChI is InChI=1S/C16H23FN2O2/c1-11-10-13(5-6-14(11)17)21-9-7-12-4-3-8-16(12,19-2)15(18)20/h5-6,10,12,19H,3-4,7-9H2,1-2H3,(H2,18,20). The molecular formula is C16H23FN2O2. The SMILES string of the molecule is CNC1(C(N)=O)CCCC1CCOc1ccc(F)c(C)c1. The Morgan fingerprint density at radius 2 is 2.33 bits per heavy atom. The molecule has 116 valence electrons. The third-order valence-electron chi connectivity index (χ3n) is 4.57. The zero-order valence-corrected chi connectivity index (χ0v) is 12.6. The maximum absolute atomic E-state index is 13.2. The quantitative estimate of drug-likeness (QED) is 0.845. The van der Waals surface area contributed by atoms with Crippen LogP contribution in [0.5, 0.6) is 5.75 Å². The molecule has 2 unspecified atom stereocenters. The largest absolute Gasteiger partial charge is 0.494 e. The van der Waals surface area contributed by atoms with Gasteiger partial charge in [0, 0.05) is 0 Å². The van der Waals surface area contributed by atoms with Gasteiger partial charge in [-0.3, -0.25) is 4.79 Å². The summed E-state index contributed by atoms with van der Waals surface area (Å²) in [4.78, 5) is 11.8. The summed E-state index contributed by atoms with van der Waals surface area (Å²) in [6.45, 7) is 2.20. The van der Waals surface area contributed by atoms with Gasteiger partial charge in [0.05, 0.1) is 6.61 Å². The van der Waals surface area contributed by atoms with Gasteiger partial charge in [0.2, 0.25) is 5.91 Å². The molecule has 3 N–H and O–H groups in total. The van der Waals surface area contributed by atoms with Gasteiger partial charge in [0.15, 0.2) is 0 Å². The summed E-state index contributed by atoms with van der Waals surface area (Å²) >= 11 is 0. The Kier molecular flexibility index (Phi) is 4.83. The molecule has 0 bridgehead atoms. The van der Waals surface area contributed by atoms with E-state index >= 15 is 0 Å². The Labute approximate surface area is 124 Å². The van der Waals surface area contributed by atoms with Crippen molar-refractivity contribution >= 4 is 5.91 Å². The van der Waals surface area contributed by atoms with E-state index in [-0.39, 0.29) is 17.6 Å². The van der Waals surface area contributed by atoms with Crippen LogP contribution < -0.4 is 15.8 Å². The molecule has 21 heavy (non-hydrogen) atoms. The molecule has 5 heteroatoms. The van der Waals surface area contributed by atoms with Crippen LogP contribution in [0.15, 0.2) is 18.2 Å². The molecule has 1 aliphatic carbocycles. The van der Waals surface area contributed by atoms with Crippen LogP contribution in [0.2, 0.25) is 0 Å². The zero-order valence-electron chi connectivity index (χ0n) is 12.6. The molecule has 2 atom stereocenters. The van der Waals surface area contributed by atoms with Crippen molar-refractivity contribution in [1.29, 1.82) is 0 Å². The highest BCUT2D eigenvalue weighted by Crippen LogP contribution is 2.37. The van der Waals surface area contributed by atoms with E-state index in [0.29, 0.717) is 17.9 Å². The molecule has 1 fully saturated rings. The maximum Gasteiger partial charge on any atom is 0.238 e. The van der Waals surface area contributed by atoms with E-state index in [1.807, 2.05) is 0 Å². The van der Waals surface area contributed by atoms with Gasteiger partial charge in [-0.2, -0.15) is 0 Å². The first kappa shape index (κ1) is 15.8. The lowest BCUT2D eigenvalue weighted by Gasteiger charge is -2.32. The highest BCUT2D eigenvalue weighted by Gasteiger charge is 2.46. The number of hydrogen-bond acceptors (Lipinski definition) is 3. The number of carbonyl (C=O) groups is 1. The molecule has 0 heterocycles. The number of amides is 1. The highest BCUT2D eigenvalue weighted by atomic mass is 19.1. The molecule has 1 saturated carbocycles. The Balaban J connectivity index is 1.93. The molecule has 1 amide bonds. The van der Waals surface area contributed by atoms with Crippen LogP contribution in [0.3, 0.4) is 0 Å². The lowest BCUT2D eigenvalue weighted by Crippen LogP contribution is -2.56. The summed E-state index contributed by atoms with van der Waals surface area (Å²) in [5.41, 5.74) is 5.52. The van der Waals surface area contributed by atoms with Gasteiger partial charge in [-0.1, -0.05) is 6.42 Å². The second-order valence-electron chi connectivity index (χ2n) is 5.72. The summed E-state index contributed by atoms with van der Waals surface area (Å²) in [6.07, 6.45) is 3.49. The van der Waals surface area contributed by atoms with Crippen LogP contribution >= 0.6 is 0 Å². The second-order valence-corrected chi connectivity index (χ2v) is 5.72. The van der Waals surface area contributed by atoms with Crippen LogP contribution in [0.4, 0.5) is 4.39 Å². The van der Waals surface area contributed by atoms with Gasteiger partial charge < -0.3 is 15.8 Å². The number of nitrogens with one attached hydrogen (secondary N) is 1. The third-order valence-corrected chi connectivity index (χ3v) is 4.57. The Hall–Kier alpha value is -1.62. The predicted molar refractivity (Wildman–Crippen MR) is 79.6 cm³/mol. The summed E-state index contributed by atoms with van der Waals surface area (Å²) in [6, 6.07) is 4.71. The molecule has 1 aromatic rings. The van der Waals surface area contributed by atoms with E-state index in [9.17, 15) is 9.18 Å². The van der Waals surface area contributed by atoms with Crippen molar-refractivity contribution in [2.45, 2.75) is 38.1 Å². The molecule has 0 spiro atoms. The zero-order chi connectivity index (χ0) is 15.5. The topological polar surface area (TPSA) is 64.3 Å². The monoisotopic (exact) mass is 294 g/mol. The summed E-state index contributed by atoms with van der Waals surface area (Å²) in [7, 11) is 1.78. The molecule has 1 aromatic carbocycles. The minimum atomic E-state index is -0.609. The Morgan fingerprint density at radius 3 is 2.95 bits per heavy atom. The summed E-state index contributed by atoms with van der Waals surface area (Å²) in [5, 5.41) is 3.11. The van der Waals surface area contributed by atoms with Crippen molar-refractivity contribution in [2.24, 2.45) is 11.7 Å². The first-order valence-electron chi connectivity index (χ1n) is 7.37. The van der Waals surface area contributed by atoms with Crippen LogP contribution in [0, 0.1) is 18.7 Å². The maximum atomic E-state index is 13.2. The van der Waals surface area contributed by atoms with Crippen LogP contribution in [-0.2, 0) is 4.79 Å². The normalized spacial score (nSPS) is 25.0. The van der Waals surface area contributed by atoms with Crippen LogP contribution in [0.25, 0.3) is 0 Å². The number of rotatable bonds is 6. The van der Waals surface area contributed by atoms with Crippen molar-refractivity contribution < 1.29 is 13.9 Å². The fourth-order valence-electron chi connectivity index (χ4n) is 3.27. The van der Waals surface area contributed by atoms with E-state index in [1.54, 1.807) is 26.1 Å². The molecule has 0 saturated heterocycles. The Morgan fingerprint density at radius 1 is 1.57 bits per heavy atom. The molecular weight excluding hydrogens is 271 g/mol. The number of ether oxygens (including phenoxy) is 1. The number of halogens is 1. The molecule has 2 rings (SSSR count). The Bertz CT molecular complexity index is 521. The smallest absolute Gasteiger partial charge is 0.238 e. The number of nitrogens with two attached hydrogens (primary N) is 1. The number of benzene rings is 1. The van der Waals surface area contributed by atoms with Crippen molar-refractivity contribution in [2.75, 3.05) is 13.7 Å². The van der Waals surface area contributed by atoms with E-state index in [1.165, 1.54) is 6.07 Å². The van der Waals surface area contributed by atoms with Gasteiger partial charge >= 0.3 is 0 Å². The number of aryl methyl sites for hydroxylation is 1. The minimum Gasteiger partial charge on any atom is -0.494 e. The van der Waals surface area contributed by atoms with Crippen LogP contribution in [-0.4, -0.2) is 25.1 Å². The predicted octanol–water partition coefficient (Wildman–Crippen LogP) is 2.15. The lowest BCUT2D eigenvalue weighted by molar-refractivity contribution is -0.125. The van der Waals surface area contributed by atoms with Gasteiger partial charge in [0.25, 0.3) is 0 Å². The number of carbonyl (C=O) groups excluding carboxylic acids is 1. The summed E-state index contributed by atoms with van der Waals surface area (Å²) < 4.78 is 18.9. The van der Waals surface area contributed by atoms with Gasteiger partial charge in [-0.15, -0.1) is 0 Å². The molecule has 0 radical (unpaired) electrons. The van der Waals surface area contributed by atoms with Gasteiger partial charge in [-0.25, -0.2) is 4.39 Å². The van der Waals surface area contributed by atoms with Crippen LogP contribution in [0.1, 0.15) is 31.2 Å². The first-order chi connectivity index (χ1) is 9.99. The molecule has 0 aromatic heterocycles. The molecule has 1 aliphatic rings. The average Bonchev–Trinajstić information content (AvgIpc) is 2.87. The fraction of sp³-hybridized carbons (Fsp3) is 0.562. The molecule has 4 nitrogen and oxygen atoms in total. The third kappa shape index (κ3) is 3.18. The number of likely N-dealkylation sites (N-methyl/N-ethyl adjacent to an activating group) is 1. The highest BCUT2D eigenvalue weighted by molar-refractivity contribution is 5.85. The van der Waals surface area contributed by atoms with E-state index in [4.69, 9.17) is 10.5 Å². The second kappa shape index (κ2) is 6.43. The van der Waals surface area contributed by atoms with E-state index < -0.39 is 5.54 Å². The molecule has 0 aliphatic heterocycles. The number of hydrogen-bond donors (Lipinski definition) is 2. The fourth-order valence-corrected chi connectivity index (χ4v) is 3.27. The average molecular weight is 294 g/mol. The van der Waals surface area contributed by atoms with E-state index in [2.05, 4.69) is 5.32 Å². The first-order valence-corrected chi connectivity index (χ1v) is 7.37. The van der Waals surface area contributed by atoms with Gasteiger partial charge in [0.1, 0.15) is 17.1 Å². The van der Waals surface area contributed by atoms with Crippen molar-refractivity contribution in [1.82, 2.24) is 5.32 Å². The van der Waals surface area contributed by atoms with E-state index in [0.717, 1.165) is 25.7 Å². The lowest BCUT2D eigenvalue weighted by atomic mass is 9.84. The van der Waals surface area contributed by atoms with Crippen molar-refractivity contribution in [3.05, 3.63) is 29.6 Å². The van der Waals surface area contributed by atoms with Crippen molar-refractivity contribution in [3.63, 3.8) is 0 Å². The van der Waals surface area contributed by atoms with Crippen molar-refractivity contribution in [3.8, 4) is 5.75 Å². The van der Waals surface area contributed by atoms with Gasteiger partial charge in [-0.05, 0) is 62.9 Å². The summed E-state index contributed by atoms with van der Waals surface area (Å²) in [5.74, 6) is 0.314. The minimum absolute atomic E-state index is 0.182.